The summed E-state index contributed by atoms with van der Waals surface area (Å²) in [6, 6.07) is 28.7. The topological polar surface area (TPSA) is 180 Å². The first kappa shape index (κ1) is 41.7. The molecule has 3 aromatic heterocycles. The molecule has 13 heteroatoms. The summed E-state index contributed by atoms with van der Waals surface area (Å²) in [7, 11) is 0. The summed E-state index contributed by atoms with van der Waals surface area (Å²) >= 11 is 0. The van der Waals surface area contributed by atoms with Gasteiger partial charge in [0, 0.05) is 34.3 Å². The first-order valence-electron chi connectivity index (χ1n) is 20.0. The molecule has 1 aliphatic rings. The highest BCUT2D eigenvalue weighted by Gasteiger charge is 2.30. The number of rotatable bonds is 7. The molecule has 1 aliphatic heterocycles. The molecule has 0 saturated carbocycles. The first-order valence-corrected chi connectivity index (χ1v) is 20.0. The molecule has 0 saturated heterocycles. The molecule has 0 radical (unpaired) electrons. The van der Waals surface area contributed by atoms with Gasteiger partial charge in [-0.1, -0.05) is 48.5 Å². The highest BCUT2D eigenvalue weighted by atomic mass is 16.6. The lowest BCUT2D eigenvalue weighted by molar-refractivity contribution is 0.0604. The third kappa shape index (κ3) is 9.41. The Morgan fingerprint density at radius 3 is 1.74 bits per heavy atom. The van der Waals surface area contributed by atoms with Crippen LogP contribution < -0.4 is 10.2 Å². The Hall–Kier alpha value is -7.41. The molecule has 13 nitrogen and oxygen atoms in total. The third-order valence-corrected chi connectivity index (χ3v) is 10.3. The van der Waals surface area contributed by atoms with Crippen LogP contribution in [0.2, 0.25) is 0 Å². The maximum absolute atomic E-state index is 13.2. The number of hydrogen-bond donors (Lipinski definition) is 6. The molecule has 0 spiro atoms. The number of aromatic nitrogens is 6. The van der Waals surface area contributed by atoms with Crippen molar-refractivity contribution in [1.82, 2.24) is 30.6 Å². The molecule has 0 aliphatic carbocycles. The number of ether oxygens (including phenoxy) is 1. The van der Waals surface area contributed by atoms with Gasteiger partial charge in [-0.15, -0.1) is 0 Å². The van der Waals surface area contributed by atoms with Crippen LogP contribution in [0.5, 0.6) is 11.5 Å². The van der Waals surface area contributed by atoms with Gasteiger partial charge in [0.2, 0.25) is 0 Å². The van der Waals surface area contributed by atoms with Gasteiger partial charge in [0.25, 0.3) is 0 Å². The number of amides is 1. The Morgan fingerprint density at radius 2 is 1.21 bits per heavy atom. The molecule has 4 aromatic carbocycles. The molecule has 4 heterocycles. The van der Waals surface area contributed by atoms with E-state index in [1.807, 2.05) is 80.5 Å². The zero-order chi connectivity index (χ0) is 43.6. The lowest BCUT2D eigenvalue weighted by Crippen LogP contribution is -2.40. The van der Waals surface area contributed by atoms with Crippen molar-refractivity contribution in [2.75, 3.05) is 16.8 Å². The van der Waals surface area contributed by atoms with Crippen molar-refractivity contribution < 1.29 is 19.7 Å². The van der Waals surface area contributed by atoms with Crippen LogP contribution in [-0.4, -0.2) is 64.9 Å². The van der Waals surface area contributed by atoms with Gasteiger partial charge in [0.15, 0.2) is 5.82 Å². The molecule has 7 aromatic rings. The van der Waals surface area contributed by atoms with Crippen molar-refractivity contribution in [3.8, 4) is 45.0 Å². The van der Waals surface area contributed by atoms with Crippen molar-refractivity contribution in [2.24, 2.45) is 4.99 Å². The van der Waals surface area contributed by atoms with Crippen LogP contribution in [0.1, 0.15) is 60.2 Å². The summed E-state index contributed by atoms with van der Waals surface area (Å²) in [6.07, 6.45) is 1.40. The van der Waals surface area contributed by atoms with Crippen molar-refractivity contribution >= 4 is 34.7 Å². The van der Waals surface area contributed by atoms with E-state index in [-0.39, 0.29) is 11.5 Å². The Kier molecular flexibility index (Phi) is 11.7. The summed E-state index contributed by atoms with van der Waals surface area (Å²) in [5.41, 5.74) is 15.2. The van der Waals surface area contributed by atoms with Gasteiger partial charge in [-0.05, 0) is 144 Å². The maximum atomic E-state index is 13.2. The molecular formula is C48H51N9O4. The lowest BCUT2D eigenvalue weighted by Gasteiger charge is -2.27. The number of aliphatic imine (C=N–C) groups is 1. The molecule has 1 amide bonds. The van der Waals surface area contributed by atoms with E-state index in [1.165, 1.54) is 4.90 Å². The Bertz CT molecular complexity index is 2730. The average molecular weight is 818 g/mol. The van der Waals surface area contributed by atoms with Crippen molar-refractivity contribution in [3.05, 3.63) is 137 Å². The molecule has 0 fully saturated rings. The van der Waals surface area contributed by atoms with E-state index in [1.54, 1.807) is 30.3 Å². The number of carbonyl (C=O) groups is 1. The van der Waals surface area contributed by atoms with E-state index in [2.05, 4.69) is 89.4 Å². The van der Waals surface area contributed by atoms with Gasteiger partial charge < -0.3 is 20.3 Å². The largest absolute Gasteiger partial charge is 0.508 e. The van der Waals surface area contributed by atoms with Crippen LogP contribution in [-0.2, 0) is 4.74 Å². The monoisotopic (exact) mass is 817 g/mol. The maximum Gasteiger partial charge on any atom is 0.420 e. The van der Waals surface area contributed by atoms with Crippen LogP contribution in [0.15, 0.2) is 102 Å². The fraction of sp³-hybridized carbons (Fsp3) is 0.229. The zero-order valence-electron chi connectivity index (χ0n) is 35.9. The number of H-pyrrole nitrogens is 3. The Balaban J connectivity index is 0.000000189. The SMILES string of the molecule is Cc1cc(O)ccc1N(C(=O)OC(C)(C)C)C1=NCC(c2ccc(-c3c(C)n[nH]c3C)cc2)=C1.Cc1cc(O)ccc1Nc1cc(-c2ccc(-c3c(C)n[nH]c3C)cc2)[nH]n1. The number of benzene rings is 4. The normalized spacial score (nSPS) is 12.3. The number of nitrogens with zero attached hydrogens (tertiary/aromatic N) is 5. The van der Waals surface area contributed by atoms with E-state index in [4.69, 9.17) is 4.74 Å². The van der Waals surface area contributed by atoms with E-state index in [0.29, 0.717) is 18.1 Å². The van der Waals surface area contributed by atoms with Crippen LogP contribution in [0.25, 0.3) is 39.1 Å². The highest BCUT2D eigenvalue weighted by Crippen LogP contribution is 2.33. The number of amidine groups is 1. The number of nitrogens with one attached hydrogen (secondary N) is 4. The van der Waals surface area contributed by atoms with Gasteiger partial charge in [0.1, 0.15) is 22.9 Å². The number of aryl methyl sites for hydroxylation is 6. The van der Waals surface area contributed by atoms with E-state index < -0.39 is 11.7 Å². The molecule has 8 rings (SSSR count). The van der Waals surface area contributed by atoms with Crippen LogP contribution in [0, 0.1) is 41.5 Å². The predicted octanol–water partition coefficient (Wildman–Crippen LogP) is 10.8. The van der Waals surface area contributed by atoms with Crippen LogP contribution in [0.4, 0.5) is 22.0 Å². The second kappa shape index (κ2) is 17.1. The van der Waals surface area contributed by atoms with E-state index in [9.17, 15) is 15.0 Å². The minimum absolute atomic E-state index is 0.137. The van der Waals surface area contributed by atoms with Crippen LogP contribution in [0.3, 0.4) is 0 Å². The molecule has 0 unspecified atom stereocenters. The second-order valence-corrected chi connectivity index (χ2v) is 16.2. The Morgan fingerprint density at radius 1 is 0.672 bits per heavy atom. The number of hydrogen-bond acceptors (Lipinski definition) is 9. The number of phenols is 2. The molecule has 312 valence electrons. The van der Waals surface area contributed by atoms with Gasteiger partial charge in [0.05, 0.1) is 29.3 Å². The highest BCUT2D eigenvalue weighted by molar-refractivity contribution is 6.23. The molecule has 0 bridgehead atoms. The first-order chi connectivity index (χ1) is 29.0. The number of phenolic OH excluding ortho intramolecular Hbond substituents is 2. The number of aromatic hydroxyl groups is 2. The second-order valence-electron chi connectivity index (χ2n) is 16.2. The smallest absolute Gasteiger partial charge is 0.420 e. The minimum Gasteiger partial charge on any atom is -0.508 e. The summed E-state index contributed by atoms with van der Waals surface area (Å²) in [6.45, 7) is 17.8. The fourth-order valence-electron chi connectivity index (χ4n) is 7.32. The predicted molar refractivity (Wildman–Crippen MR) is 243 cm³/mol. The molecular weight excluding hydrogens is 767 g/mol. The van der Waals surface area contributed by atoms with Crippen molar-refractivity contribution in [1.29, 1.82) is 0 Å². The standard InChI is InChI=1S/C27H30N4O3.C21H21N5O/c1-16-13-22(32)11-12-23(16)31(26(33)34-27(4,5)6)24-14-21(15-28-24)19-7-9-20(10-8-19)25-17(2)29-30-18(25)3;1-12-10-17(27)8-9-18(12)22-20-11-19(25-26-20)15-4-6-16(7-5-15)21-13(2)23-24-14(21)3/h7-14,32H,15H2,1-6H3,(H,29,30);4-11,27H,1-3H3,(H,23,24)(H2,22,25,26). The summed E-state index contributed by atoms with van der Waals surface area (Å²) in [5.74, 6) is 1.62. The third-order valence-electron chi connectivity index (χ3n) is 10.3. The fourth-order valence-corrected chi connectivity index (χ4v) is 7.32. The van der Waals surface area contributed by atoms with Crippen molar-refractivity contribution in [3.63, 3.8) is 0 Å². The van der Waals surface area contributed by atoms with Crippen LogP contribution >= 0.6 is 0 Å². The average Bonchev–Trinajstić information content (AvgIpc) is 4.02. The van der Waals surface area contributed by atoms with Gasteiger partial charge in [-0.2, -0.15) is 15.3 Å². The summed E-state index contributed by atoms with van der Waals surface area (Å²) < 4.78 is 5.68. The van der Waals surface area contributed by atoms with E-state index >= 15 is 0 Å². The lowest BCUT2D eigenvalue weighted by atomic mass is 9.99. The summed E-state index contributed by atoms with van der Waals surface area (Å²) in [4.78, 5) is 19.3. The van der Waals surface area contributed by atoms with Gasteiger partial charge in [-0.25, -0.2) is 9.69 Å². The quantitative estimate of drug-likeness (QED) is 0.0860. The number of aromatic amines is 3. The van der Waals surface area contributed by atoms with Gasteiger partial charge >= 0.3 is 6.09 Å². The van der Waals surface area contributed by atoms with E-state index in [0.717, 1.165) is 90.1 Å². The molecule has 0 atom stereocenters. The number of carbonyl (C=O) groups excluding carboxylic acids is 1. The zero-order valence-corrected chi connectivity index (χ0v) is 35.9. The van der Waals surface area contributed by atoms with Crippen molar-refractivity contribution in [2.45, 2.75) is 67.9 Å². The summed E-state index contributed by atoms with van der Waals surface area (Å²) in [5, 5.41) is 44.7. The Labute approximate surface area is 355 Å². The number of anilines is 3. The molecule has 6 N–H and O–H groups in total. The minimum atomic E-state index is -0.662. The van der Waals surface area contributed by atoms with Gasteiger partial charge in [-0.3, -0.25) is 20.3 Å². The molecule has 61 heavy (non-hydrogen) atoms.